The Kier molecular flexibility index (Phi) is 5.53. The third kappa shape index (κ3) is 6.99. The largest absolute Gasteiger partial charge is 0.396 e. The molecule has 80 valence electrons. The lowest BCUT2D eigenvalue weighted by atomic mass is 10.1. The van der Waals surface area contributed by atoms with Gasteiger partial charge in [0.05, 0.1) is 5.60 Å². The predicted molar refractivity (Wildman–Crippen MR) is 54.7 cm³/mol. The molecule has 0 amide bonds. The maximum Gasteiger partial charge on any atom is 0.0718 e. The van der Waals surface area contributed by atoms with E-state index >= 15 is 0 Å². The van der Waals surface area contributed by atoms with Crippen LogP contribution in [-0.2, 0) is 0 Å². The Balaban J connectivity index is 3.89. The SMILES string of the molecule is CCN(CC(C)CO)CC(C)(C)O. The lowest BCUT2D eigenvalue weighted by Crippen LogP contribution is -2.41. The molecule has 0 fully saturated rings. The van der Waals surface area contributed by atoms with Crippen molar-refractivity contribution in [1.29, 1.82) is 0 Å². The molecule has 0 heterocycles. The average molecular weight is 189 g/mol. The molecule has 0 aliphatic heterocycles. The Bertz CT molecular complexity index is 131. The van der Waals surface area contributed by atoms with Crippen LogP contribution in [0.3, 0.4) is 0 Å². The summed E-state index contributed by atoms with van der Waals surface area (Å²) in [4.78, 5) is 2.15. The minimum absolute atomic E-state index is 0.211. The number of nitrogens with zero attached hydrogens (tertiary/aromatic N) is 1. The van der Waals surface area contributed by atoms with E-state index < -0.39 is 5.60 Å². The summed E-state index contributed by atoms with van der Waals surface area (Å²) in [5.41, 5.74) is -0.648. The van der Waals surface area contributed by atoms with Gasteiger partial charge in [0.2, 0.25) is 0 Å². The van der Waals surface area contributed by atoms with E-state index in [1.807, 2.05) is 6.92 Å². The Labute approximate surface area is 81.4 Å². The average Bonchev–Trinajstić information content (AvgIpc) is 2.00. The normalized spacial score (nSPS) is 15.0. The number of aliphatic hydroxyl groups excluding tert-OH is 1. The van der Waals surface area contributed by atoms with Crippen LogP contribution in [0.25, 0.3) is 0 Å². The van der Waals surface area contributed by atoms with Gasteiger partial charge < -0.3 is 15.1 Å². The first kappa shape index (κ1) is 12.9. The molecule has 0 spiro atoms. The van der Waals surface area contributed by atoms with Crippen LogP contribution in [0.4, 0.5) is 0 Å². The molecular formula is C10H23NO2. The third-order valence-corrected chi connectivity index (χ3v) is 1.94. The number of hydrogen-bond acceptors (Lipinski definition) is 3. The van der Waals surface area contributed by atoms with Crippen LogP contribution in [0, 0.1) is 5.92 Å². The van der Waals surface area contributed by atoms with Crippen molar-refractivity contribution in [2.24, 2.45) is 5.92 Å². The van der Waals surface area contributed by atoms with Gasteiger partial charge in [-0.2, -0.15) is 0 Å². The third-order valence-electron chi connectivity index (χ3n) is 1.94. The van der Waals surface area contributed by atoms with Crippen LogP contribution in [0.2, 0.25) is 0 Å². The quantitative estimate of drug-likeness (QED) is 0.646. The van der Waals surface area contributed by atoms with Crippen LogP contribution in [0.5, 0.6) is 0 Å². The second-order valence-corrected chi connectivity index (χ2v) is 4.43. The summed E-state index contributed by atoms with van der Waals surface area (Å²) in [5.74, 6) is 0.280. The summed E-state index contributed by atoms with van der Waals surface area (Å²) in [7, 11) is 0. The Morgan fingerprint density at radius 1 is 1.38 bits per heavy atom. The molecule has 3 heteroatoms. The maximum absolute atomic E-state index is 9.60. The molecule has 2 N–H and O–H groups in total. The van der Waals surface area contributed by atoms with Crippen molar-refractivity contribution in [1.82, 2.24) is 4.90 Å². The Morgan fingerprint density at radius 3 is 2.23 bits per heavy atom. The van der Waals surface area contributed by atoms with E-state index in [9.17, 15) is 5.11 Å². The van der Waals surface area contributed by atoms with E-state index in [0.29, 0.717) is 6.54 Å². The van der Waals surface area contributed by atoms with Crippen LogP contribution in [-0.4, -0.2) is 47.0 Å². The zero-order chi connectivity index (χ0) is 10.5. The zero-order valence-electron chi connectivity index (χ0n) is 9.25. The van der Waals surface area contributed by atoms with Gasteiger partial charge in [-0.1, -0.05) is 13.8 Å². The molecule has 0 aromatic carbocycles. The molecule has 13 heavy (non-hydrogen) atoms. The van der Waals surface area contributed by atoms with Crippen LogP contribution in [0.1, 0.15) is 27.7 Å². The van der Waals surface area contributed by atoms with E-state index in [-0.39, 0.29) is 12.5 Å². The molecule has 0 aromatic rings. The summed E-state index contributed by atoms with van der Waals surface area (Å²) in [6.07, 6.45) is 0. The number of hydrogen-bond donors (Lipinski definition) is 2. The van der Waals surface area contributed by atoms with Gasteiger partial charge in [0.15, 0.2) is 0 Å². The molecule has 1 unspecified atom stereocenters. The summed E-state index contributed by atoms with van der Waals surface area (Å²) >= 11 is 0. The molecule has 0 bridgehead atoms. The fourth-order valence-electron chi connectivity index (χ4n) is 1.35. The first-order chi connectivity index (χ1) is 5.89. The maximum atomic E-state index is 9.60. The van der Waals surface area contributed by atoms with Gasteiger partial charge in [0.1, 0.15) is 0 Å². The van der Waals surface area contributed by atoms with Crippen molar-refractivity contribution in [2.45, 2.75) is 33.3 Å². The molecule has 0 aliphatic carbocycles. The van der Waals surface area contributed by atoms with Crippen molar-refractivity contribution in [3.05, 3.63) is 0 Å². The molecular weight excluding hydrogens is 166 g/mol. The summed E-state index contributed by atoms with van der Waals surface area (Å²) in [6.45, 7) is 10.3. The minimum atomic E-state index is -0.648. The number of likely N-dealkylation sites (N-methyl/N-ethyl adjacent to an activating group) is 1. The lowest BCUT2D eigenvalue weighted by molar-refractivity contribution is 0.0303. The molecule has 0 aromatic heterocycles. The number of rotatable bonds is 6. The topological polar surface area (TPSA) is 43.7 Å². The van der Waals surface area contributed by atoms with E-state index in [1.54, 1.807) is 13.8 Å². The van der Waals surface area contributed by atoms with Gasteiger partial charge in [-0.15, -0.1) is 0 Å². The summed E-state index contributed by atoms with van der Waals surface area (Å²) < 4.78 is 0. The predicted octanol–water partition coefficient (Wildman–Crippen LogP) is 0.708. The van der Waals surface area contributed by atoms with Gasteiger partial charge in [-0.25, -0.2) is 0 Å². The second kappa shape index (κ2) is 5.58. The highest BCUT2D eigenvalue weighted by molar-refractivity contribution is 4.72. The highest BCUT2D eigenvalue weighted by atomic mass is 16.3. The van der Waals surface area contributed by atoms with E-state index in [1.165, 1.54) is 0 Å². The van der Waals surface area contributed by atoms with Crippen molar-refractivity contribution >= 4 is 0 Å². The molecule has 0 radical (unpaired) electrons. The summed E-state index contributed by atoms with van der Waals surface area (Å²) in [5, 5.41) is 18.5. The standard InChI is InChI=1S/C10H23NO2/c1-5-11(6-9(2)7-12)8-10(3,4)13/h9,12-13H,5-8H2,1-4H3. The van der Waals surface area contributed by atoms with Crippen LogP contribution >= 0.6 is 0 Å². The second-order valence-electron chi connectivity index (χ2n) is 4.43. The van der Waals surface area contributed by atoms with Gasteiger partial charge in [0, 0.05) is 19.7 Å². The highest BCUT2D eigenvalue weighted by Gasteiger charge is 2.18. The van der Waals surface area contributed by atoms with Crippen molar-refractivity contribution in [3.63, 3.8) is 0 Å². The van der Waals surface area contributed by atoms with Crippen molar-refractivity contribution in [3.8, 4) is 0 Å². The molecule has 0 rings (SSSR count). The number of aliphatic hydroxyl groups is 2. The fraction of sp³-hybridized carbons (Fsp3) is 1.00. The molecule has 0 saturated carbocycles. The zero-order valence-corrected chi connectivity index (χ0v) is 9.25. The van der Waals surface area contributed by atoms with Gasteiger partial charge in [-0.05, 0) is 26.3 Å². The van der Waals surface area contributed by atoms with Crippen LogP contribution < -0.4 is 0 Å². The van der Waals surface area contributed by atoms with E-state index in [2.05, 4.69) is 11.8 Å². The van der Waals surface area contributed by atoms with Crippen LogP contribution in [0.15, 0.2) is 0 Å². The fourth-order valence-corrected chi connectivity index (χ4v) is 1.35. The minimum Gasteiger partial charge on any atom is -0.396 e. The Morgan fingerprint density at radius 2 is 1.92 bits per heavy atom. The molecule has 0 aliphatic rings. The molecule has 1 atom stereocenters. The smallest absolute Gasteiger partial charge is 0.0718 e. The lowest BCUT2D eigenvalue weighted by Gasteiger charge is -2.29. The van der Waals surface area contributed by atoms with Gasteiger partial charge in [-0.3, -0.25) is 0 Å². The van der Waals surface area contributed by atoms with Gasteiger partial charge in [0.25, 0.3) is 0 Å². The summed E-state index contributed by atoms with van der Waals surface area (Å²) in [6, 6.07) is 0. The van der Waals surface area contributed by atoms with Gasteiger partial charge >= 0.3 is 0 Å². The van der Waals surface area contributed by atoms with Crippen molar-refractivity contribution in [2.75, 3.05) is 26.2 Å². The van der Waals surface area contributed by atoms with E-state index in [4.69, 9.17) is 5.11 Å². The monoisotopic (exact) mass is 189 g/mol. The molecule has 3 nitrogen and oxygen atoms in total. The van der Waals surface area contributed by atoms with Crippen molar-refractivity contribution < 1.29 is 10.2 Å². The highest BCUT2D eigenvalue weighted by Crippen LogP contribution is 2.07. The Hall–Kier alpha value is -0.120. The first-order valence-electron chi connectivity index (χ1n) is 4.94. The first-order valence-corrected chi connectivity index (χ1v) is 4.94. The van der Waals surface area contributed by atoms with E-state index in [0.717, 1.165) is 13.1 Å². The molecule has 0 saturated heterocycles.